The molecule has 4 heteroatoms. The van der Waals surface area contributed by atoms with Crippen molar-refractivity contribution in [3.05, 3.63) is 40.5 Å². The van der Waals surface area contributed by atoms with Gasteiger partial charge < -0.3 is 5.73 Å². The summed E-state index contributed by atoms with van der Waals surface area (Å²) in [5.74, 6) is -0.475. The van der Waals surface area contributed by atoms with Crippen molar-refractivity contribution in [2.24, 2.45) is 5.73 Å². The second kappa shape index (κ2) is 3.51. The molecule has 2 aromatic rings. The molecule has 15 heavy (non-hydrogen) atoms. The van der Waals surface area contributed by atoms with Gasteiger partial charge in [-0.2, -0.15) is 0 Å². The number of nitrogens with two attached hydrogens (primary N) is 1. The largest absolute Gasteiger partial charge is 0.366 e. The van der Waals surface area contributed by atoms with Crippen molar-refractivity contribution in [1.29, 1.82) is 0 Å². The highest BCUT2D eigenvalue weighted by Crippen LogP contribution is 2.23. The first kappa shape index (κ1) is 9.93. The maximum absolute atomic E-state index is 11.0. The number of amides is 1. The number of carbonyl (C=O) groups excluding carboxylic acids is 1. The summed E-state index contributed by atoms with van der Waals surface area (Å²) in [6, 6.07) is 5.32. The molecule has 1 aromatic heterocycles. The third kappa shape index (κ3) is 1.66. The first-order chi connectivity index (χ1) is 7.09. The molecular weight excluding hydrogens is 212 g/mol. The molecule has 0 aliphatic rings. The normalized spacial score (nSPS) is 10.5. The van der Waals surface area contributed by atoms with Crippen LogP contribution in [0, 0.1) is 6.92 Å². The van der Waals surface area contributed by atoms with Crippen LogP contribution in [0.4, 0.5) is 0 Å². The van der Waals surface area contributed by atoms with Gasteiger partial charge in [-0.25, -0.2) is 0 Å². The van der Waals surface area contributed by atoms with Gasteiger partial charge in [-0.15, -0.1) is 0 Å². The zero-order chi connectivity index (χ0) is 11.0. The van der Waals surface area contributed by atoms with Crippen LogP contribution in [0.15, 0.2) is 24.4 Å². The van der Waals surface area contributed by atoms with Gasteiger partial charge in [-0.1, -0.05) is 17.7 Å². The molecule has 0 radical (unpaired) electrons. The number of aromatic nitrogens is 1. The summed E-state index contributed by atoms with van der Waals surface area (Å²) in [6.45, 7) is 1.89. The van der Waals surface area contributed by atoms with Crippen molar-refractivity contribution >= 4 is 28.4 Å². The van der Waals surface area contributed by atoms with Gasteiger partial charge in [0, 0.05) is 16.6 Å². The lowest BCUT2D eigenvalue weighted by molar-refractivity contribution is 0.1000. The quantitative estimate of drug-likeness (QED) is 0.802. The van der Waals surface area contributed by atoms with E-state index in [0.717, 1.165) is 16.5 Å². The lowest BCUT2D eigenvalue weighted by Crippen LogP contribution is -2.11. The highest BCUT2D eigenvalue weighted by atomic mass is 35.5. The number of hydrogen-bond acceptors (Lipinski definition) is 2. The van der Waals surface area contributed by atoms with Crippen LogP contribution in [0.3, 0.4) is 0 Å². The van der Waals surface area contributed by atoms with Gasteiger partial charge in [0.25, 0.3) is 0 Å². The standard InChI is InChI=1S/C11H9ClN2O/c1-6-9(12)3-2-7-4-8(11(13)15)5-14-10(6)7/h2-5H,1H3,(H2,13,15). The third-order valence-electron chi connectivity index (χ3n) is 2.32. The molecule has 1 heterocycles. The smallest absolute Gasteiger partial charge is 0.250 e. The van der Waals surface area contributed by atoms with E-state index in [2.05, 4.69) is 4.98 Å². The summed E-state index contributed by atoms with van der Waals surface area (Å²) in [5, 5.41) is 1.54. The molecule has 2 N–H and O–H groups in total. The molecule has 0 unspecified atom stereocenters. The molecule has 0 saturated carbocycles. The fourth-order valence-electron chi connectivity index (χ4n) is 1.46. The Balaban J connectivity index is 2.75. The number of primary amides is 1. The average Bonchev–Trinajstić information content (AvgIpc) is 2.23. The van der Waals surface area contributed by atoms with E-state index in [-0.39, 0.29) is 0 Å². The summed E-state index contributed by atoms with van der Waals surface area (Å²) in [5.41, 5.74) is 7.28. The highest BCUT2D eigenvalue weighted by molar-refractivity contribution is 6.32. The van der Waals surface area contributed by atoms with E-state index in [1.54, 1.807) is 12.1 Å². The molecule has 0 spiro atoms. The summed E-state index contributed by atoms with van der Waals surface area (Å²) >= 11 is 5.96. The Morgan fingerprint density at radius 3 is 2.87 bits per heavy atom. The number of pyridine rings is 1. The lowest BCUT2D eigenvalue weighted by atomic mass is 10.1. The average molecular weight is 221 g/mol. The number of nitrogens with zero attached hydrogens (tertiary/aromatic N) is 1. The predicted octanol–water partition coefficient (Wildman–Crippen LogP) is 2.30. The van der Waals surface area contributed by atoms with Gasteiger partial charge in [0.1, 0.15) is 0 Å². The van der Waals surface area contributed by atoms with Crippen molar-refractivity contribution in [3.8, 4) is 0 Å². The Kier molecular flexibility index (Phi) is 2.32. The molecule has 1 aromatic carbocycles. The van der Waals surface area contributed by atoms with Crippen LogP contribution in [0.25, 0.3) is 10.9 Å². The molecule has 0 aliphatic heterocycles. The van der Waals surface area contributed by atoms with E-state index in [1.807, 2.05) is 13.0 Å². The summed E-state index contributed by atoms with van der Waals surface area (Å²) in [4.78, 5) is 15.1. The number of rotatable bonds is 1. The van der Waals surface area contributed by atoms with E-state index in [9.17, 15) is 4.79 Å². The number of halogens is 1. The Labute approximate surface area is 91.9 Å². The van der Waals surface area contributed by atoms with Gasteiger partial charge in [0.2, 0.25) is 5.91 Å². The number of hydrogen-bond donors (Lipinski definition) is 1. The molecule has 1 amide bonds. The van der Waals surface area contributed by atoms with E-state index >= 15 is 0 Å². The minimum absolute atomic E-state index is 0.407. The maximum atomic E-state index is 11.0. The van der Waals surface area contributed by atoms with Crippen molar-refractivity contribution in [1.82, 2.24) is 4.98 Å². The summed E-state index contributed by atoms with van der Waals surface area (Å²) in [6.07, 6.45) is 1.47. The van der Waals surface area contributed by atoms with Crippen LogP contribution >= 0.6 is 11.6 Å². The fraction of sp³-hybridized carbons (Fsp3) is 0.0909. The monoisotopic (exact) mass is 220 g/mol. The van der Waals surface area contributed by atoms with E-state index in [1.165, 1.54) is 6.20 Å². The molecule has 0 aliphatic carbocycles. The zero-order valence-electron chi connectivity index (χ0n) is 8.12. The Bertz CT molecular complexity index is 552. The number of carbonyl (C=O) groups is 1. The van der Waals surface area contributed by atoms with Crippen molar-refractivity contribution < 1.29 is 4.79 Å². The minimum Gasteiger partial charge on any atom is -0.366 e. The number of fused-ring (bicyclic) bond motifs is 1. The molecule has 3 nitrogen and oxygen atoms in total. The van der Waals surface area contributed by atoms with E-state index < -0.39 is 5.91 Å². The van der Waals surface area contributed by atoms with Gasteiger partial charge in [0.15, 0.2) is 0 Å². The Morgan fingerprint density at radius 1 is 1.47 bits per heavy atom. The second-order valence-corrected chi connectivity index (χ2v) is 3.74. The van der Waals surface area contributed by atoms with Crippen LogP contribution < -0.4 is 5.73 Å². The summed E-state index contributed by atoms with van der Waals surface area (Å²) < 4.78 is 0. The first-order valence-corrected chi connectivity index (χ1v) is 4.82. The molecule has 76 valence electrons. The fourth-order valence-corrected chi connectivity index (χ4v) is 1.61. The van der Waals surface area contributed by atoms with Crippen molar-refractivity contribution in [2.45, 2.75) is 6.92 Å². The van der Waals surface area contributed by atoms with E-state index in [4.69, 9.17) is 17.3 Å². The molecule has 0 fully saturated rings. The first-order valence-electron chi connectivity index (χ1n) is 4.44. The van der Waals surface area contributed by atoms with Gasteiger partial charge in [0.05, 0.1) is 11.1 Å². The third-order valence-corrected chi connectivity index (χ3v) is 2.73. The Morgan fingerprint density at radius 2 is 2.20 bits per heavy atom. The van der Waals surface area contributed by atoms with Gasteiger partial charge in [-0.05, 0) is 24.6 Å². The van der Waals surface area contributed by atoms with Gasteiger partial charge >= 0.3 is 0 Å². The molecule has 2 rings (SSSR count). The number of aryl methyl sites for hydroxylation is 1. The highest BCUT2D eigenvalue weighted by Gasteiger charge is 2.06. The zero-order valence-corrected chi connectivity index (χ0v) is 8.88. The van der Waals surface area contributed by atoms with Crippen LogP contribution in [0.5, 0.6) is 0 Å². The van der Waals surface area contributed by atoms with Crippen molar-refractivity contribution in [3.63, 3.8) is 0 Å². The lowest BCUT2D eigenvalue weighted by Gasteiger charge is -2.04. The van der Waals surface area contributed by atoms with Crippen molar-refractivity contribution in [2.75, 3.05) is 0 Å². The number of benzene rings is 1. The second-order valence-electron chi connectivity index (χ2n) is 3.33. The SMILES string of the molecule is Cc1c(Cl)ccc2cc(C(N)=O)cnc12. The molecule has 0 bridgehead atoms. The molecule has 0 saturated heterocycles. The molecule has 0 atom stereocenters. The topological polar surface area (TPSA) is 56.0 Å². The summed E-state index contributed by atoms with van der Waals surface area (Å²) in [7, 11) is 0. The van der Waals surface area contributed by atoms with Crippen LogP contribution in [-0.4, -0.2) is 10.9 Å². The van der Waals surface area contributed by atoms with Crippen LogP contribution in [-0.2, 0) is 0 Å². The van der Waals surface area contributed by atoms with Gasteiger partial charge in [-0.3, -0.25) is 9.78 Å². The van der Waals surface area contributed by atoms with Crippen LogP contribution in [0.2, 0.25) is 5.02 Å². The molecular formula is C11H9ClN2O. The predicted molar refractivity (Wildman–Crippen MR) is 60.0 cm³/mol. The minimum atomic E-state index is -0.475. The van der Waals surface area contributed by atoms with Crippen LogP contribution in [0.1, 0.15) is 15.9 Å². The Hall–Kier alpha value is -1.61. The van der Waals surface area contributed by atoms with E-state index in [0.29, 0.717) is 10.6 Å². The maximum Gasteiger partial charge on any atom is 0.250 e.